The molecule has 16 heavy (non-hydrogen) atoms. The Morgan fingerprint density at radius 2 is 1.88 bits per heavy atom. The van der Waals surface area contributed by atoms with Crippen molar-refractivity contribution in [3.05, 3.63) is 34.4 Å². The number of ether oxygens (including phenoxy) is 1. The van der Waals surface area contributed by atoms with Gasteiger partial charge in [-0.1, -0.05) is 38.5 Å². The molecule has 1 heteroatoms. The normalized spacial score (nSPS) is 14.7. The Balaban J connectivity index is 2.56. The van der Waals surface area contributed by atoms with Gasteiger partial charge in [-0.15, -0.1) is 0 Å². The first-order valence-corrected chi connectivity index (χ1v) is 5.80. The van der Waals surface area contributed by atoms with Crippen LogP contribution in [0.5, 0.6) is 5.75 Å². The summed E-state index contributed by atoms with van der Waals surface area (Å²) in [6, 6.07) is 4.48. The Kier molecular flexibility index (Phi) is 2.57. The highest BCUT2D eigenvalue weighted by molar-refractivity contribution is 5.66. The van der Waals surface area contributed by atoms with Crippen LogP contribution in [0.3, 0.4) is 0 Å². The number of rotatable bonds is 1. The highest BCUT2D eigenvalue weighted by atomic mass is 16.5. The van der Waals surface area contributed by atoms with Gasteiger partial charge in [-0.05, 0) is 41.5 Å². The number of methoxy groups -OCH3 is 1. The number of fused-ring (bicyclic) bond motifs is 1. The smallest absolute Gasteiger partial charge is 0.123 e. The topological polar surface area (TPSA) is 9.23 Å². The van der Waals surface area contributed by atoms with E-state index in [9.17, 15) is 0 Å². The third-order valence-electron chi connectivity index (χ3n) is 3.14. The van der Waals surface area contributed by atoms with Gasteiger partial charge < -0.3 is 4.74 Å². The molecule has 0 fully saturated rings. The Hall–Kier alpha value is -1.24. The zero-order chi connectivity index (χ0) is 11.9. The van der Waals surface area contributed by atoms with Gasteiger partial charge in [0.05, 0.1) is 7.11 Å². The molecule has 0 N–H and O–H groups in total. The van der Waals surface area contributed by atoms with E-state index in [-0.39, 0.29) is 5.41 Å². The molecule has 0 aliphatic heterocycles. The fourth-order valence-corrected chi connectivity index (χ4v) is 2.30. The zero-order valence-electron chi connectivity index (χ0n) is 10.8. The minimum Gasteiger partial charge on any atom is -0.496 e. The van der Waals surface area contributed by atoms with Crippen molar-refractivity contribution in [2.45, 2.75) is 39.5 Å². The van der Waals surface area contributed by atoms with Crippen LogP contribution in [0.25, 0.3) is 6.08 Å². The summed E-state index contributed by atoms with van der Waals surface area (Å²) >= 11 is 0. The average molecular weight is 216 g/mol. The molecule has 0 saturated carbocycles. The van der Waals surface area contributed by atoms with E-state index < -0.39 is 0 Å². The van der Waals surface area contributed by atoms with Crippen molar-refractivity contribution in [2.24, 2.45) is 0 Å². The van der Waals surface area contributed by atoms with Gasteiger partial charge in [-0.3, -0.25) is 0 Å². The van der Waals surface area contributed by atoms with Gasteiger partial charge in [0.1, 0.15) is 5.75 Å². The van der Waals surface area contributed by atoms with E-state index >= 15 is 0 Å². The summed E-state index contributed by atoms with van der Waals surface area (Å²) in [7, 11) is 1.75. The molecular weight excluding hydrogens is 196 g/mol. The molecule has 1 aromatic carbocycles. The van der Waals surface area contributed by atoms with Crippen molar-refractivity contribution in [1.29, 1.82) is 0 Å². The van der Waals surface area contributed by atoms with Crippen LogP contribution < -0.4 is 4.74 Å². The van der Waals surface area contributed by atoms with Gasteiger partial charge in [0.25, 0.3) is 0 Å². The molecule has 0 bridgehead atoms. The van der Waals surface area contributed by atoms with E-state index in [4.69, 9.17) is 4.74 Å². The molecule has 0 amide bonds. The molecule has 0 aromatic heterocycles. The van der Waals surface area contributed by atoms with Crippen LogP contribution in [0.15, 0.2) is 17.7 Å². The number of hydrogen-bond donors (Lipinski definition) is 0. The van der Waals surface area contributed by atoms with Gasteiger partial charge in [-0.25, -0.2) is 0 Å². The molecule has 0 heterocycles. The molecule has 0 spiro atoms. The lowest BCUT2D eigenvalue weighted by Crippen LogP contribution is -2.13. The Morgan fingerprint density at radius 1 is 1.19 bits per heavy atom. The van der Waals surface area contributed by atoms with E-state index in [1.807, 2.05) is 0 Å². The van der Waals surface area contributed by atoms with Gasteiger partial charge in [0, 0.05) is 0 Å². The second-order valence-electron chi connectivity index (χ2n) is 5.67. The Labute approximate surface area is 98.1 Å². The summed E-state index contributed by atoms with van der Waals surface area (Å²) < 4.78 is 5.50. The van der Waals surface area contributed by atoms with E-state index in [0.29, 0.717) is 0 Å². The third-order valence-corrected chi connectivity index (χ3v) is 3.14. The van der Waals surface area contributed by atoms with Crippen molar-refractivity contribution >= 4 is 6.08 Å². The van der Waals surface area contributed by atoms with Gasteiger partial charge >= 0.3 is 0 Å². The van der Waals surface area contributed by atoms with Crippen molar-refractivity contribution in [2.75, 3.05) is 7.11 Å². The summed E-state index contributed by atoms with van der Waals surface area (Å²) in [5.41, 5.74) is 5.63. The number of hydrogen-bond acceptors (Lipinski definition) is 1. The zero-order valence-corrected chi connectivity index (χ0v) is 10.8. The minimum atomic E-state index is 0.136. The van der Waals surface area contributed by atoms with E-state index in [1.165, 1.54) is 22.3 Å². The lowest BCUT2D eigenvalue weighted by atomic mass is 9.84. The second kappa shape index (κ2) is 3.65. The summed E-state index contributed by atoms with van der Waals surface area (Å²) in [6.07, 6.45) is 3.34. The van der Waals surface area contributed by atoms with Crippen LogP contribution in [-0.2, 0) is 11.8 Å². The fraction of sp³-hybridized carbons (Fsp3) is 0.467. The summed E-state index contributed by atoms with van der Waals surface area (Å²) in [6.45, 7) is 8.87. The Morgan fingerprint density at radius 3 is 2.44 bits per heavy atom. The molecule has 1 aliphatic rings. The standard InChI is InChI=1S/C15H20O/c1-10-6-11-8-13(15(2,3)4)14(16-5)9-12(11)7-10/h7-9H,6H2,1-5H3. The molecular formula is C15H20O. The molecule has 1 nitrogen and oxygen atoms in total. The minimum absolute atomic E-state index is 0.136. The van der Waals surface area contributed by atoms with Crippen LogP contribution in [0.2, 0.25) is 0 Å². The lowest BCUT2D eigenvalue weighted by molar-refractivity contribution is 0.397. The van der Waals surface area contributed by atoms with Crippen molar-refractivity contribution < 1.29 is 4.74 Å². The van der Waals surface area contributed by atoms with Gasteiger partial charge in [0.15, 0.2) is 0 Å². The predicted molar refractivity (Wildman–Crippen MR) is 69.0 cm³/mol. The van der Waals surface area contributed by atoms with Gasteiger partial charge in [-0.2, -0.15) is 0 Å². The predicted octanol–water partition coefficient (Wildman–Crippen LogP) is 3.95. The van der Waals surface area contributed by atoms with Crippen molar-refractivity contribution in [3.63, 3.8) is 0 Å². The lowest BCUT2D eigenvalue weighted by Gasteiger charge is -2.23. The summed E-state index contributed by atoms with van der Waals surface area (Å²) in [5, 5.41) is 0. The van der Waals surface area contributed by atoms with Crippen LogP contribution in [-0.4, -0.2) is 7.11 Å². The van der Waals surface area contributed by atoms with E-state index in [2.05, 4.69) is 45.9 Å². The number of benzene rings is 1. The molecule has 0 saturated heterocycles. The molecule has 2 rings (SSSR count). The summed E-state index contributed by atoms with van der Waals surface area (Å²) in [4.78, 5) is 0. The SMILES string of the molecule is COc1cc2c(cc1C(C)(C)C)CC(C)=C2. The maximum absolute atomic E-state index is 5.50. The molecule has 1 aromatic rings. The van der Waals surface area contributed by atoms with Crippen molar-refractivity contribution in [3.8, 4) is 5.75 Å². The highest BCUT2D eigenvalue weighted by Gasteiger charge is 2.22. The largest absolute Gasteiger partial charge is 0.496 e. The van der Waals surface area contributed by atoms with Crippen LogP contribution >= 0.6 is 0 Å². The molecule has 0 radical (unpaired) electrons. The maximum atomic E-state index is 5.50. The van der Waals surface area contributed by atoms with Crippen LogP contribution in [0.4, 0.5) is 0 Å². The number of allylic oxidation sites excluding steroid dienone is 1. The first-order chi connectivity index (χ1) is 7.41. The molecule has 86 valence electrons. The second-order valence-corrected chi connectivity index (χ2v) is 5.67. The molecule has 1 aliphatic carbocycles. The van der Waals surface area contributed by atoms with Crippen LogP contribution in [0, 0.1) is 0 Å². The van der Waals surface area contributed by atoms with E-state index in [0.717, 1.165) is 12.2 Å². The Bertz CT molecular complexity index is 447. The first-order valence-electron chi connectivity index (χ1n) is 5.80. The average Bonchev–Trinajstić information content (AvgIpc) is 2.53. The monoisotopic (exact) mass is 216 g/mol. The highest BCUT2D eigenvalue weighted by Crippen LogP contribution is 2.37. The quantitative estimate of drug-likeness (QED) is 0.690. The third kappa shape index (κ3) is 1.87. The van der Waals surface area contributed by atoms with E-state index in [1.54, 1.807) is 7.11 Å². The van der Waals surface area contributed by atoms with Crippen LogP contribution in [0.1, 0.15) is 44.4 Å². The first kappa shape index (κ1) is 11.3. The summed E-state index contributed by atoms with van der Waals surface area (Å²) in [5.74, 6) is 1.01. The van der Waals surface area contributed by atoms with Crippen molar-refractivity contribution in [1.82, 2.24) is 0 Å². The molecule has 0 unspecified atom stereocenters. The fourth-order valence-electron chi connectivity index (χ4n) is 2.30. The molecule has 0 atom stereocenters. The maximum Gasteiger partial charge on any atom is 0.123 e. The van der Waals surface area contributed by atoms with Gasteiger partial charge in [0.2, 0.25) is 0 Å².